The van der Waals surface area contributed by atoms with E-state index in [1.807, 2.05) is 18.2 Å². The minimum absolute atomic E-state index is 0.139. The third kappa shape index (κ3) is 3.16. The predicted octanol–water partition coefficient (Wildman–Crippen LogP) is 3.43. The molecule has 1 aromatic rings. The van der Waals surface area contributed by atoms with E-state index in [0.29, 0.717) is 5.02 Å². The van der Waals surface area contributed by atoms with Crippen LogP contribution in [0.3, 0.4) is 0 Å². The van der Waals surface area contributed by atoms with Crippen molar-refractivity contribution in [2.75, 3.05) is 7.11 Å². The Morgan fingerprint density at radius 2 is 2.17 bits per heavy atom. The van der Waals surface area contributed by atoms with Crippen molar-refractivity contribution in [1.82, 2.24) is 5.43 Å². The molecule has 1 unspecified atom stereocenters. The molecule has 4 heteroatoms. The van der Waals surface area contributed by atoms with E-state index >= 15 is 0 Å². The van der Waals surface area contributed by atoms with Gasteiger partial charge in [0.1, 0.15) is 5.75 Å². The first kappa shape index (κ1) is 13.7. The number of rotatable bonds is 5. The summed E-state index contributed by atoms with van der Waals surface area (Å²) in [5.74, 6) is 7.28. The van der Waals surface area contributed by atoms with Crippen molar-refractivity contribution in [1.29, 1.82) is 0 Å². The van der Waals surface area contributed by atoms with Crippen molar-refractivity contribution in [3.05, 3.63) is 28.8 Å². The quantitative estimate of drug-likeness (QED) is 0.635. The number of hydrazine groups is 1. The first-order valence-corrected chi connectivity index (χ1v) is 6.92. The summed E-state index contributed by atoms with van der Waals surface area (Å²) >= 11 is 5.98. The molecule has 2 rings (SSSR count). The molecule has 18 heavy (non-hydrogen) atoms. The maximum absolute atomic E-state index is 5.98. The van der Waals surface area contributed by atoms with Gasteiger partial charge in [0.25, 0.3) is 0 Å². The van der Waals surface area contributed by atoms with E-state index in [1.165, 1.54) is 25.7 Å². The number of hydrogen-bond donors (Lipinski definition) is 2. The fourth-order valence-corrected chi connectivity index (χ4v) is 3.00. The van der Waals surface area contributed by atoms with Crippen molar-refractivity contribution in [2.45, 2.75) is 38.1 Å². The molecular weight excluding hydrogens is 248 g/mol. The number of methoxy groups -OCH3 is 1. The molecule has 0 heterocycles. The van der Waals surface area contributed by atoms with Gasteiger partial charge in [0.05, 0.1) is 7.11 Å². The van der Waals surface area contributed by atoms with Gasteiger partial charge in [-0.1, -0.05) is 43.4 Å². The van der Waals surface area contributed by atoms with Gasteiger partial charge in [-0.3, -0.25) is 11.3 Å². The van der Waals surface area contributed by atoms with Crippen LogP contribution in [0, 0.1) is 5.92 Å². The third-order valence-electron chi connectivity index (χ3n) is 3.82. The van der Waals surface area contributed by atoms with Crippen molar-refractivity contribution < 1.29 is 4.74 Å². The van der Waals surface area contributed by atoms with Crippen molar-refractivity contribution in [3.63, 3.8) is 0 Å². The molecule has 1 saturated carbocycles. The zero-order valence-electron chi connectivity index (χ0n) is 10.8. The van der Waals surface area contributed by atoms with E-state index < -0.39 is 0 Å². The van der Waals surface area contributed by atoms with Crippen LogP contribution in [0.1, 0.15) is 43.7 Å². The lowest BCUT2D eigenvalue weighted by Gasteiger charge is -2.22. The minimum Gasteiger partial charge on any atom is -0.496 e. The number of hydrogen-bond acceptors (Lipinski definition) is 3. The van der Waals surface area contributed by atoms with Gasteiger partial charge in [-0.15, -0.1) is 0 Å². The highest BCUT2D eigenvalue weighted by Gasteiger charge is 2.22. The molecule has 3 N–H and O–H groups in total. The van der Waals surface area contributed by atoms with E-state index in [4.69, 9.17) is 22.2 Å². The normalized spacial score (nSPS) is 17.9. The summed E-state index contributed by atoms with van der Waals surface area (Å²) in [4.78, 5) is 0. The molecule has 0 aromatic heterocycles. The molecular formula is C14H21ClN2O. The van der Waals surface area contributed by atoms with E-state index in [2.05, 4.69) is 5.43 Å². The van der Waals surface area contributed by atoms with Crippen molar-refractivity contribution in [2.24, 2.45) is 11.8 Å². The molecule has 1 fully saturated rings. The second kappa shape index (κ2) is 6.41. The van der Waals surface area contributed by atoms with E-state index in [9.17, 15) is 0 Å². The van der Waals surface area contributed by atoms with Crippen LogP contribution in [0.5, 0.6) is 5.75 Å². The van der Waals surface area contributed by atoms with Gasteiger partial charge in [0, 0.05) is 16.6 Å². The van der Waals surface area contributed by atoms with E-state index in [1.54, 1.807) is 7.11 Å². The zero-order chi connectivity index (χ0) is 13.0. The molecule has 0 radical (unpaired) electrons. The first-order chi connectivity index (χ1) is 8.74. The Morgan fingerprint density at radius 1 is 1.44 bits per heavy atom. The van der Waals surface area contributed by atoms with Crippen LogP contribution in [0.15, 0.2) is 18.2 Å². The van der Waals surface area contributed by atoms with Crippen LogP contribution in [-0.2, 0) is 0 Å². The Hall–Kier alpha value is -0.770. The predicted molar refractivity (Wildman–Crippen MR) is 74.6 cm³/mol. The number of halogens is 1. The standard InChI is InChI=1S/C14H21ClN2O/c1-18-14-9-11(15)6-7-12(14)13(17-16)8-10-4-2-3-5-10/h6-7,9-10,13,17H,2-5,8,16H2,1H3. The molecule has 0 amide bonds. The Balaban J connectivity index is 2.15. The lowest BCUT2D eigenvalue weighted by Crippen LogP contribution is -2.29. The smallest absolute Gasteiger partial charge is 0.125 e. The molecule has 1 aliphatic carbocycles. The SMILES string of the molecule is COc1cc(Cl)ccc1C(CC1CCCC1)NN. The molecule has 1 atom stereocenters. The van der Waals surface area contributed by atoms with Crippen molar-refractivity contribution in [3.8, 4) is 5.75 Å². The van der Waals surface area contributed by atoms with Crippen LogP contribution in [0.25, 0.3) is 0 Å². The fourth-order valence-electron chi connectivity index (χ4n) is 2.84. The monoisotopic (exact) mass is 268 g/mol. The first-order valence-electron chi connectivity index (χ1n) is 6.54. The highest BCUT2D eigenvalue weighted by atomic mass is 35.5. The number of benzene rings is 1. The lowest BCUT2D eigenvalue weighted by molar-refractivity contribution is 0.370. The van der Waals surface area contributed by atoms with E-state index in [-0.39, 0.29) is 6.04 Å². The molecule has 0 aliphatic heterocycles. The van der Waals surface area contributed by atoms with Crippen LogP contribution in [0.4, 0.5) is 0 Å². The molecule has 3 nitrogen and oxygen atoms in total. The molecule has 1 aliphatic rings. The summed E-state index contributed by atoms with van der Waals surface area (Å²) < 4.78 is 5.39. The van der Waals surface area contributed by atoms with Gasteiger partial charge in [-0.25, -0.2) is 0 Å². The van der Waals surface area contributed by atoms with Crippen molar-refractivity contribution >= 4 is 11.6 Å². The summed E-state index contributed by atoms with van der Waals surface area (Å²) in [6.07, 6.45) is 6.39. The summed E-state index contributed by atoms with van der Waals surface area (Å²) in [6.45, 7) is 0. The second-order valence-electron chi connectivity index (χ2n) is 4.99. The topological polar surface area (TPSA) is 47.3 Å². The molecule has 0 bridgehead atoms. The van der Waals surface area contributed by atoms with Gasteiger partial charge < -0.3 is 4.74 Å². The largest absolute Gasteiger partial charge is 0.496 e. The maximum Gasteiger partial charge on any atom is 0.125 e. The van der Waals surface area contributed by atoms with E-state index in [0.717, 1.165) is 23.7 Å². The second-order valence-corrected chi connectivity index (χ2v) is 5.43. The number of nitrogens with one attached hydrogen (secondary N) is 1. The lowest BCUT2D eigenvalue weighted by atomic mass is 9.93. The highest BCUT2D eigenvalue weighted by Crippen LogP contribution is 2.36. The maximum atomic E-state index is 5.98. The summed E-state index contributed by atoms with van der Waals surface area (Å²) in [6, 6.07) is 5.87. The summed E-state index contributed by atoms with van der Waals surface area (Å²) in [7, 11) is 1.66. The Labute approximate surface area is 114 Å². The minimum atomic E-state index is 0.139. The van der Waals surface area contributed by atoms with Gasteiger partial charge in [-0.05, 0) is 24.5 Å². The number of ether oxygens (including phenoxy) is 1. The Morgan fingerprint density at radius 3 is 2.78 bits per heavy atom. The van der Waals surface area contributed by atoms with Crippen LogP contribution >= 0.6 is 11.6 Å². The van der Waals surface area contributed by atoms with Gasteiger partial charge in [0.15, 0.2) is 0 Å². The Bertz CT molecular complexity index is 391. The fraction of sp³-hybridized carbons (Fsp3) is 0.571. The average molecular weight is 269 g/mol. The van der Waals surface area contributed by atoms with Crippen LogP contribution in [0.2, 0.25) is 5.02 Å². The number of nitrogens with two attached hydrogens (primary N) is 1. The van der Waals surface area contributed by atoms with Crippen LogP contribution < -0.4 is 16.0 Å². The summed E-state index contributed by atoms with van der Waals surface area (Å²) in [5, 5.41) is 0.687. The zero-order valence-corrected chi connectivity index (χ0v) is 11.5. The third-order valence-corrected chi connectivity index (χ3v) is 4.05. The Kier molecular flexibility index (Phi) is 4.87. The van der Waals surface area contributed by atoms with Crippen LogP contribution in [-0.4, -0.2) is 7.11 Å². The van der Waals surface area contributed by atoms with Gasteiger partial charge >= 0.3 is 0 Å². The van der Waals surface area contributed by atoms with Gasteiger partial charge in [-0.2, -0.15) is 0 Å². The average Bonchev–Trinajstić information content (AvgIpc) is 2.89. The summed E-state index contributed by atoms with van der Waals surface area (Å²) in [5.41, 5.74) is 4.01. The van der Waals surface area contributed by atoms with Gasteiger partial charge in [0.2, 0.25) is 0 Å². The molecule has 100 valence electrons. The molecule has 0 spiro atoms. The highest BCUT2D eigenvalue weighted by molar-refractivity contribution is 6.30. The molecule has 0 saturated heterocycles. The molecule has 1 aromatic carbocycles.